The van der Waals surface area contributed by atoms with E-state index in [0.29, 0.717) is 17.1 Å². The molecule has 0 saturated heterocycles. The zero-order valence-electron chi connectivity index (χ0n) is 14.6. The molecule has 0 aromatic heterocycles. The van der Waals surface area contributed by atoms with Gasteiger partial charge in [-0.25, -0.2) is 8.78 Å². The SMILES string of the molecule is CN(C)c1c(F)cc(NC(=O)CNC(=O)c2ccc3c(c2)OCO3)cc1F. The van der Waals surface area contributed by atoms with Crippen LogP contribution in [0.25, 0.3) is 0 Å². The number of amides is 2. The summed E-state index contributed by atoms with van der Waals surface area (Å²) in [5.74, 6) is -1.75. The molecule has 0 bridgehead atoms. The predicted molar refractivity (Wildman–Crippen MR) is 94.2 cm³/mol. The minimum atomic E-state index is -0.806. The van der Waals surface area contributed by atoms with Crippen molar-refractivity contribution >= 4 is 23.2 Å². The Balaban J connectivity index is 1.59. The third-order valence-corrected chi connectivity index (χ3v) is 3.79. The van der Waals surface area contributed by atoms with Gasteiger partial charge in [0.1, 0.15) is 5.69 Å². The minimum absolute atomic E-state index is 0.0436. The van der Waals surface area contributed by atoms with Crippen molar-refractivity contribution in [3.05, 3.63) is 47.5 Å². The number of halogens is 2. The number of benzene rings is 2. The molecule has 27 heavy (non-hydrogen) atoms. The van der Waals surface area contributed by atoms with Crippen LogP contribution in [0.5, 0.6) is 11.5 Å². The van der Waals surface area contributed by atoms with Gasteiger partial charge in [0.2, 0.25) is 12.7 Å². The Labute approximate surface area is 153 Å². The highest BCUT2D eigenvalue weighted by atomic mass is 19.1. The first-order chi connectivity index (χ1) is 12.8. The van der Waals surface area contributed by atoms with Crippen molar-refractivity contribution in [2.24, 2.45) is 0 Å². The smallest absolute Gasteiger partial charge is 0.251 e. The standard InChI is InChI=1S/C18H17F2N3O4/c1-23(2)17-12(19)6-11(7-13(17)20)22-16(24)8-21-18(25)10-3-4-14-15(5-10)27-9-26-14/h3-7H,8-9H2,1-2H3,(H,21,25)(H,22,24). The second-order valence-electron chi connectivity index (χ2n) is 5.98. The Bertz CT molecular complexity index is 879. The van der Waals surface area contributed by atoms with E-state index in [2.05, 4.69) is 10.6 Å². The highest BCUT2D eigenvalue weighted by Gasteiger charge is 2.17. The fourth-order valence-corrected chi connectivity index (χ4v) is 2.57. The molecule has 0 aliphatic carbocycles. The Hall–Kier alpha value is -3.36. The van der Waals surface area contributed by atoms with Gasteiger partial charge in [-0.1, -0.05) is 0 Å². The van der Waals surface area contributed by atoms with Crippen LogP contribution in [0.4, 0.5) is 20.2 Å². The quantitative estimate of drug-likeness (QED) is 0.835. The average molecular weight is 377 g/mol. The summed E-state index contributed by atoms with van der Waals surface area (Å²) in [4.78, 5) is 25.4. The van der Waals surface area contributed by atoms with Gasteiger partial charge in [-0.2, -0.15) is 0 Å². The van der Waals surface area contributed by atoms with Crippen molar-refractivity contribution in [1.29, 1.82) is 0 Å². The van der Waals surface area contributed by atoms with Gasteiger partial charge in [0.25, 0.3) is 5.91 Å². The van der Waals surface area contributed by atoms with E-state index in [0.717, 1.165) is 12.1 Å². The molecular formula is C18H17F2N3O4. The molecule has 0 spiro atoms. The van der Waals surface area contributed by atoms with Crippen molar-refractivity contribution < 1.29 is 27.8 Å². The van der Waals surface area contributed by atoms with Crippen LogP contribution in [-0.2, 0) is 4.79 Å². The molecule has 1 aliphatic heterocycles. The molecule has 2 aromatic rings. The molecule has 0 radical (unpaired) electrons. The van der Waals surface area contributed by atoms with Crippen molar-refractivity contribution in [2.45, 2.75) is 0 Å². The average Bonchev–Trinajstić information content (AvgIpc) is 3.06. The maximum Gasteiger partial charge on any atom is 0.251 e. The number of hydrogen-bond acceptors (Lipinski definition) is 5. The van der Waals surface area contributed by atoms with E-state index in [1.807, 2.05) is 0 Å². The zero-order valence-corrected chi connectivity index (χ0v) is 14.6. The number of ether oxygens (including phenoxy) is 2. The predicted octanol–water partition coefficient (Wildman–Crippen LogP) is 2.13. The fourth-order valence-electron chi connectivity index (χ4n) is 2.57. The molecule has 2 aromatic carbocycles. The van der Waals surface area contributed by atoms with Crippen molar-refractivity contribution in [1.82, 2.24) is 5.32 Å². The molecule has 142 valence electrons. The topological polar surface area (TPSA) is 79.9 Å². The van der Waals surface area contributed by atoms with E-state index in [1.54, 1.807) is 6.07 Å². The van der Waals surface area contributed by atoms with E-state index in [-0.39, 0.29) is 24.7 Å². The lowest BCUT2D eigenvalue weighted by Gasteiger charge is -2.16. The van der Waals surface area contributed by atoms with E-state index < -0.39 is 23.4 Å². The van der Waals surface area contributed by atoms with E-state index in [9.17, 15) is 18.4 Å². The van der Waals surface area contributed by atoms with Crippen LogP contribution in [0, 0.1) is 11.6 Å². The second kappa shape index (κ2) is 7.48. The lowest BCUT2D eigenvalue weighted by molar-refractivity contribution is -0.115. The van der Waals surface area contributed by atoms with Gasteiger partial charge < -0.3 is 25.0 Å². The summed E-state index contributed by atoms with van der Waals surface area (Å²) >= 11 is 0. The van der Waals surface area contributed by atoms with Crippen molar-refractivity contribution in [3.8, 4) is 11.5 Å². The molecule has 2 amide bonds. The van der Waals surface area contributed by atoms with Gasteiger partial charge in [0.05, 0.1) is 6.54 Å². The number of anilines is 2. The van der Waals surface area contributed by atoms with Crippen molar-refractivity contribution in [3.63, 3.8) is 0 Å². The van der Waals surface area contributed by atoms with Gasteiger partial charge in [0.15, 0.2) is 23.1 Å². The summed E-state index contributed by atoms with van der Waals surface area (Å²) < 4.78 is 38.2. The largest absolute Gasteiger partial charge is 0.454 e. The molecule has 1 heterocycles. The lowest BCUT2D eigenvalue weighted by Crippen LogP contribution is -2.32. The molecule has 0 fully saturated rings. The number of nitrogens with one attached hydrogen (secondary N) is 2. The van der Waals surface area contributed by atoms with E-state index in [1.165, 1.54) is 31.1 Å². The van der Waals surface area contributed by atoms with Crippen molar-refractivity contribution in [2.75, 3.05) is 37.6 Å². The van der Waals surface area contributed by atoms with E-state index in [4.69, 9.17) is 9.47 Å². The summed E-state index contributed by atoms with van der Waals surface area (Å²) in [5, 5.41) is 4.77. The second-order valence-corrected chi connectivity index (χ2v) is 5.98. The number of carbonyl (C=O) groups excluding carboxylic acids is 2. The summed E-state index contributed by atoms with van der Waals surface area (Å²) in [6, 6.07) is 6.65. The third kappa shape index (κ3) is 4.08. The maximum absolute atomic E-state index is 13.9. The summed E-state index contributed by atoms with van der Waals surface area (Å²) in [7, 11) is 3.01. The number of rotatable bonds is 5. The zero-order chi connectivity index (χ0) is 19.6. The van der Waals surface area contributed by atoms with Crippen LogP contribution in [0.2, 0.25) is 0 Å². The molecule has 0 saturated carbocycles. The number of carbonyl (C=O) groups is 2. The highest BCUT2D eigenvalue weighted by molar-refractivity contribution is 5.99. The summed E-state index contributed by atoms with van der Waals surface area (Å²) in [6.45, 7) is -0.283. The first kappa shape index (κ1) is 18.4. The Morgan fingerprint density at radius 1 is 1.07 bits per heavy atom. The highest BCUT2D eigenvalue weighted by Crippen LogP contribution is 2.32. The minimum Gasteiger partial charge on any atom is -0.454 e. The molecule has 0 atom stereocenters. The van der Waals surface area contributed by atoms with Gasteiger partial charge in [-0.3, -0.25) is 9.59 Å². The van der Waals surface area contributed by atoms with Crippen LogP contribution in [0.3, 0.4) is 0 Å². The van der Waals surface area contributed by atoms with Crippen LogP contribution in [-0.4, -0.2) is 39.2 Å². The Morgan fingerprint density at radius 2 is 1.74 bits per heavy atom. The molecule has 7 nitrogen and oxygen atoms in total. The summed E-state index contributed by atoms with van der Waals surface area (Å²) in [5.41, 5.74) is 0.0431. The third-order valence-electron chi connectivity index (χ3n) is 3.79. The fraction of sp³-hybridized carbons (Fsp3) is 0.222. The molecule has 3 rings (SSSR count). The molecule has 1 aliphatic rings. The number of hydrogen-bond donors (Lipinski definition) is 2. The molecule has 9 heteroatoms. The summed E-state index contributed by atoms with van der Waals surface area (Å²) in [6.07, 6.45) is 0. The van der Waals surface area contributed by atoms with Gasteiger partial charge in [-0.15, -0.1) is 0 Å². The lowest BCUT2D eigenvalue weighted by atomic mass is 10.2. The van der Waals surface area contributed by atoms with Crippen LogP contribution in [0.1, 0.15) is 10.4 Å². The maximum atomic E-state index is 13.9. The van der Waals surface area contributed by atoms with Crippen LogP contribution in [0.15, 0.2) is 30.3 Å². The number of fused-ring (bicyclic) bond motifs is 1. The first-order valence-electron chi connectivity index (χ1n) is 7.99. The Morgan fingerprint density at radius 3 is 2.41 bits per heavy atom. The Kier molecular flexibility index (Phi) is 5.11. The normalized spacial score (nSPS) is 11.9. The molecule has 2 N–H and O–H groups in total. The van der Waals surface area contributed by atoms with Gasteiger partial charge in [-0.05, 0) is 30.3 Å². The number of nitrogens with zero attached hydrogens (tertiary/aromatic N) is 1. The van der Waals surface area contributed by atoms with E-state index >= 15 is 0 Å². The monoisotopic (exact) mass is 377 g/mol. The van der Waals surface area contributed by atoms with Crippen LogP contribution < -0.4 is 25.0 Å². The molecular weight excluding hydrogens is 360 g/mol. The van der Waals surface area contributed by atoms with Crippen LogP contribution >= 0.6 is 0 Å². The first-order valence-corrected chi connectivity index (χ1v) is 7.99. The molecule has 0 unspecified atom stereocenters. The van der Waals surface area contributed by atoms with Gasteiger partial charge in [0, 0.05) is 25.3 Å². The van der Waals surface area contributed by atoms with Gasteiger partial charge >= 0.3 is 0 Å².